The summed E-state index contributed by atoms with van der Waals surface area (Å²) in [5.41, 5.74) is 4.85. The number of benzene rings is 4. The summed E-state index contributed by atoms with van der Waals surface area (Å²) in [4.78, 5) is 27.5. The van der Waals surface area contributed by atoms with Crippen LogP contribution in [0.2, 0.25) is 0 Å². The van der Waals surface area contributed by atoms with Crippen LogP contribution in [0, 0.1) is 11.3 Å². The van der Waals surface area contributed by atoms with Crippen molar-refractivity contribution in [2.24, 2.45) is 11.3 Å². The van der Waals surface area contributed by atoms with E-state index in [4.69, 9.17) is 18.9 Å². The Morgan fingerprint density at radius 2 is 1.63 bits per heavy atom. The molecule has 0 bridgehead atoms. The minimum absolute atomic E-state index is 0.0256. The van der Waals surface area contributed by atoms with Crippen molar-refractivity contribution in [3.8, 4) is 23.0 Å². The quantitative estimate of drug-likeness (QED) is 0.0848. The van der Waals surface area contributed by atoms with Gasteiger partial charge in [-0.25, -0.2) is 0 Å². The number of allylic oxidation sites excluding steroid dienone is 1. The first-order valence-electron chi connectivity index (χ1n) is 20.1. The van der Waals surface area contributed by atoms with Crippen LogP contribution in [-0.2, 0) is 38.5 Å². The lowest BCUT2D eigenvalue weighted by Gasteiger charge is -2.50. The molecule has 0 spiro atoms. The molecule has 9 heteroatoms. The van der Waals surface area contributed by atoms with Gasteiger partial charge in [-0.15, -0.1) is 0 Å². The zero-order valence-electron chi connectivity index (χ0n) is 33.5. The van der Waals surface area contributed by atoms with E-state index in [1.807, 2.05) is 72.8 Å². The highest BCUT2D eigenvalue weighted by molar-refractivity contribution is 5.78. The lowest BCUT2D eigenvalue weighted by molar-refractivity contribution is -0.162. The number of methoxy groups -OCH3 is 2. The predicted octanol–water partition coefficient (Wildman–Crippen LogP) is 9.20. The second kappa shape index (κ2) is 18.8. The van der Waals surface area contributed by atoms with Crippen LogP contribution in [-0.4, -0.2) is 53.7 Å². The number of ether oxygens (including phenoxy) is 4. The summed E-state index contributed by atoms with van der Waals surface area (Å²) in [6, 6.07) is 26.6. The van der Waals surface area contributed by atoms with Crippen molar-refractivity contribution >= 4 is 18.0 Å². The molecule has 0 unspecified atom stereocenters. The smallest absolute Gasteiger partial charge is 0.313 e. The molecule has 6 atom stereocenters. The third kappa shape index (κ3) is 9.82. The topological polar surface area (TPSA) is 132 Å². The number of phenolic OH excluding ortho intramolecular Hbond substituents is 2. The van der Waals surface area contributed by atoms with Crippen molar-refractivity contribution < 1.29 is 43.9 Å². The molecule has 57 heavy (non-hydrogen) atoms. The van der Waals surface area contributed by atoms with Gasteiger partial charge in [-0.1, -0.05) is 99.0 Å². The first kappa shape index (κ1) is 41.4. The van der Waals surface area contributed by atoms with E-state index in [9.17, 15) is 24.9 Å². The molecule has 2 aliphatic rings. The summed E-state index contributed by atoms with van der Waals surface area (Å²) in [5, 5.41) is 31.5. The number of hydrogen-bond donors (Lipinski definition) is 3. The summed E-state index contributed by atoms with van der Waals surface area (Å²) in [6.45, 7) is 3.41. The minimum Gasteiger partial charge on any atom is -0.504 e. The van der Waals surface area contributed by atoms with Gasteiger partial charge in [0.05, 0.1) is 26.7 Å². The van der Waals surface area contributed by atoms with Crippen LogP contribution in [0.25, 0.3) is 6.08 Å². The number of fused-ring (bicyclic) bond motifs is 2. The molecule has 0 amide bonds. The van der Waals surface area contributed by atoms with E-state index in [-0.39, 0.29) is 42.3 Å². The highest BCUT2D eigenvalue weighted by Gasteiger charge is 2.50. The highest BCUT2D eigenvalue weighted by Crippen LogP contribution is 2.54. The first-order chi connectivity index (χ1) is 27.6. The number of aromatic hydroxyl groups is 2. The minimum atomic E-state index is -0.631. The van der Waals surface area contributed by atoms with Gasteiger partial charge in [0.2, 0.25) is 0 Å². The maximum Gasteiger partial charge on any atom is 0.313 e. The average molecular weight is 777 g/mol. The summed E-state index contributed by atoms with van der Waals surface area (Å²) in [5.74, 6) is -0.952. The molecule has 0 aromatic heterocycles. The van der Waals surface area contributed by atoms with Crippen molar-refractivity contribution in [2.75, 3.05) is 14.2 Å². The van der Waals surface area contributed by atoms with Gasteiger partial charge >= 0.3 is 11.9 Å². The fraction of sp³-hybridized carbons (Fsp3) is 0.417. The van der Waals surface area contributed by atoms with Gasteiger partial charge in [-0.2, -0.15) is 0 Å². The number of unbranched alkanes of at least 4 members (excludes halogenated alkanes) is 2. The Kier molecular flexibility index (Phi) is 13.6. The number of carbonyl (C=O) groups excluding carboxylic acids is 2. The van der Waals surface area contributed by atoms with E-state index < -0.39 is 29.5 Å². The number of hydrogen-bond acceptors (Lipinski definition) is 9. The summed E-state index contributed by atoms with van der Waals surface area (Å²) in [7, 11) is 3.05. The molecular weight excluding hydrogens is 721 g/mol. The van der Waals surface area contributed by atoms with Crippen LogP contribution in [0.1, 0.15) is 104 Å². The Morgan fingerprint density at radius 3 is 2.35 bits per heavy atom. The maximum absolute atomic E-state index is 14.5. The molecule has 4 aromatic rings. The van der Waals surface area contributed by atoms with Crippen molar-refractivity contribution in [2.45, 2.75) is 102 Å². The van der Waals surface area contributed by atoms with Crippen molar-refractivity contribution in [1.29, 1.82) is 0 Å². The van der Waals surface area contributed by atoms with E-state index in [1.165, 1.54) is 21.1 Å². The SMILES string of the molecule is CCCCC[C@H](C(=O)O[C@@H]1C[C@@H](c2ccc(O)c(OC)c2)C[C@@]2(C=Cc3ccccc3)Cc3cc(O)c(OC)cc3C[C@H]2[C@H](OC(C)=O)C1)c1cccc(CO)c1. The Labute approximate surface area is 336 Å². The van der Waals surface area contributed by atoms with Crippen LogP contribution < -0.4 is 9.47 Å². The van der Waals surface area contributed by atoms with E-state index in [0.717, 1.165) is 52.6 Å². The molecule has 2 aliphatic carbocycles. The van der Waals surface area contributed by atoms with Gasteiger partial charge in [0.15, 0.2) is 23.0 Å². The lowest BCUT2D eigenvalue weighted by Crippen LogP contribution is -2.49. The molecule has 0 heterocycles. The van der Waals surface area contributed by atoms with Crippen molar-refractivity contribution in [3.05, 3.63) is 124 Å². The number of aliphatic hydroxyl groups excluding tert-OH is 1. The first-order valence-corrected chi connectivity index (χ1v) is 20.1. The third-order valence-electron chi connectivity index (χ3n) is 11.9. The predicted molar refractivity (Wildman–Crippen MR) is 219 cm³/mol. The van der Waals surface area contributed by atoms with Gasteiger partial charge in [0.1, 0.15) is 12.2 Å². The monoisotopic (exact) mass is 776 g/mol. The number of carbonyl (C=O) groups is 2. The molecule has 0 saturated heterocycles. The average Bonchev–Trinajstić information content (AvgIpc) is 3.20. The summed E-state index contributed by atoms with van der Waals surface area (Å²) >= 11 is 0. The van der Waals surface area contributed by atoms with Gasteiger partial charge in [0, 0.05) is 19.3 Å². The van der Waals surface area contributed by atoms with Gasteiger partial charge < -0.3 is 34.3 Å². The van der Waals surface area contributed by atoms with Gasteiger partial charge in [-0.3, -0.25) is 9.59 Å². The second-order valence-corrected chi connectivity index (χ2v) is 15.7. The maximum atomic E-state index is 14.5. The zero-order valence-corrected chi connectivity index (χ0v) is 33.5. The Hall–Kier alpha value is -5.28. The Morgan fingerprint density at radius 1 is 0.860 bits per heavy atom. The second-order valence-electron chi connectivity index (χ2n) is 15.7. The van der Waals surface area contributed by atoms with Crippen molar-refractivity contribution in [1.82, 2.24) is 0 Å². The van der Waals surface area contributed by atoms with E-state index in [2.05, 4.69) is 19.1 Å². The molecule has 9 nitrogen and oxygen atoms in total. The molecular formula is C48H56O9. The van der Waals surface area contributed by atoms with Crippen LogP contribution >= 0.6 is 0 Å². The molecule has 1 fully saturated rings. The van der Waals surface area contributed by atoms with E-state index in [1.54, 1.807) is 12.1 Å². The van der Waals surface area contributed by atoms with Gasteiger partial charge in [0.25, 0.3) is 0 Å². The molecule has 3 N–H and O–H groups in total. The van der Waals surface area contributed by atoms with Crippen LogP contribution in [0.5, 0.6) is 23.0 Å². The van der Waals surface area contributed by atoms with E-state index in [0.29, 0.717) is 43.6 Å². The number of phenols is 2. The normalized spacial score (nSPS) is 22.3. The summed E-state index contributed by atoms with van der Waals surface area (Å²) in [6.07, 6.45) is 8.86. The Balaban J connectivity index is 1.48. The van der Waals surface area contributed by atoms with Crippen LogP contribution in [0.15, 0.2) is 91.0 Å². The molecule has 0 aliphatic heterocycles. The Bertz CT molecular complexity index is 2020. The largest absolute Gasteiger partial charge is 0.504 e. The standard InChI is InChI=1S/C48H56O9/c1-5-6-8-16-40(35-15-11-14-33(21-35)30-49)47(53)57-39-22-37(34-17-18-42(51)45(25-34)54-3)28-48(20-19-32-12-9-7-10-13-32)29-38-24-43(52)46(55-4)26-36(38)23-41(48)44(27-39)56-31(2)50/h7,9-15,17-21,24-26,37,39-41,44,49,51-52H,5-6,8,16,22-23,27-30H2,1-4H3/t37-,39-,40+,41+,44-,48+/m1/s1. The molecule has 1 saturated carbocycles. The third-order valence-corrected chi connectivity index (χ3v) is 11.9. The van der Waals surface area contributed by atoms with E-state index >= 15 is 0 Å². The highest BCUT2D eigenvalue weighted by atomic mass is 16.6. The van der Waals surface area contributed by atoms with Gasteiger partial charge in [-0.05, 0) is 101 Å². The number of esters is 2. The molecule has 4 aromatic carbocycles. The van der Waals surface area contributed by atoms with Crippen molar-refractivity contribution in [3.63, 3.8) is 0 Å². The fourth-order valence-electron chi connectivity index (χ4n) is 9.09. The number of rotatable bonds is 14. The zero-order chi connectivity index (χ0) is 40.5. The number of aliphatic hydroxyl groups is 1. The summed E-state index contributed by atoms with van der Waals surface area (Å²) < 4.78 is 24.0. The lowest BCUT2D eigenvalue weighted by atomic mass is 9.56. The molecule has 0 radical (unpaired) electrons. The van der Waals surface area contributed by atoms with Crippen LogP contribution in [0.3, 0.4) is 0 Å². The molecule has 302 valence electrons. The van der Waals surface area contributed by atoms with Crippen LogP contribution in [0.4, 0.5) is 0 Å². The molecule has 6 rings (SSSR count). The fourth-order valence-corrected chi connectivity index (χ4v) is 9.09.